The second kappa shape index (κ2) is 4.51. The summed E-state index contributed by atoms with van der Waals surface area (Å²) in [6, 6.07) is 1.25. The summed E-state index contributed by atoms with van der Waals surface area (Å²) in [4.78, 5) is 11.2. The van der Waals surface area contributed by atoms with Crippen LogP contribution in [0, 0.1) is 5.92 Å². The van der Waals surface area contributed by atoms with Gasteiger partial charge in [-0.2, -0.15) is 0 Å². The zero-order valence-electron chi connectivity index (χ0n) is 8.74. The van der Waals surface area contributed by atoms with E-state index in [2.05, 4.69) is 0 Å². The van der Waals surface area contributed by atoms with Gasteiger partial charge in [-0.25, -0.2) is 0 Å². The molecule has 1 aromatic heterocycles. The molecule has 82 valence electrons. The zero-order valence-corrected chi connectivity index (χ0v) is 8.74. The Morgan fingerprint density at radius 2 is 2.07 bits per heavy atom. The van der Waals surface area contributed by atoms with Gasteiger partial charge in [0.1, 0.15) is 5.76 Å². The van der Waals surface area contributed by atoms with E-state index in [1.807, 2.05) is 0 Å². The Balaban J connectivity index is 2.09. The Bertz CT molecular complexity index is 375. The molecule has 3 nitrogen and oxygen atoms in total. The molecule has 1 fully saturated rings. The monoisotopic (exact) mass is 208 g/mol. The normalized spacial score (nSPS) is 17.9. The van der Waals surface area contributed by atoms with Gasteiger partial charge in [0, 0.05) is 12.5 Å². The first-order valence-corrected chi connectivity index (χ1v) is 5.57. The van der Waals surface area contributed by atoms with E-state index in [1.165, 1.54) is 44.4 Å². The van der Waals surface area contributed by atoms with Crippen molar-refractivity contribution in [3.8, 4) is 5.75 Å². The summed E-state index contributed by atoms with van der Waals surface area (Å²) in [5.41, 5.74) is -0.341. The maximum Gasteiger partial charge on any atom is 0.226 e. The molecule has 0 radical (unpaired) electrons. The van der Waals surface area contributed by atoms with Crippen molar-refractivity contribution >= 4 is 0 Å². The molecule has 1 heterocycles. The molecule has 0 unspecified atom stereocenters. The van der Waals surface area contributed by atoms with Crippen LogP contribution < -0.4 is 5.43 Å². The van der Waals surface area contributed by atoms with E-state index in [9.17, 15) is 9.90 Å². The largest absolute Gasteiger partial charge is 0.502 e. The third-order valence-electron chi connectivity index (χ3n) is 3.13. The van der Waals surface area contributed by atoms with Gasteiger partial charge in [-0.15, -0.1) is 0 Å². The van der Waals surface area contributed by atoms with Gasteiger partial charge in [0.05, 0.1) is 6.26 Å². The third-order valence-corrected chi connectivity index (χ3v) is 3.13. The van der Waals surface area contributed by atoms with Crippen molar-refractivity contribution in [2.75, 3.05) is 0 Å². The second-order valence-corrected chi connectivity index (χ2v) is 4.26. The molecule has 0 bridgehead atoms. The van der Waals surface area contributed by atoms with Gasteiger partial charge in [0.15, 0.2) is 0 Å². The Kier molecular flexibility index (Phi) is 3.09. The summed E-state index contributed by atoms with van der Waals surface area (Å²) in [6.07, 6.45) is 8.23. The zero-order chi connectivity index (χ0) is 10.7. The lowest BCUT2D eigenvalue weighted by Gasteiger charge is -2.20. The highest BCUT2D eigenvalue weighted by Crippen LogP contribution is 2.28. The quantitative estimate of drug-likeness (QED) is 0.812. The van der Waals surface area contributed by atoms with Gasteiger partial charge >= 0.3 is 0 Å². The number of hydrogen-bond donors (Lipinski definition) is 1. The van der Waals surface area contributed by atoms with Crippen LogP contribution in [0.4, 0.5) is 0 Å². The fraction of sp³-hybridized carbons (Fsp3) is 0.583. The number of rotatable bonds is 2. The Morgan fingerprint density at radius 3 is 2.80 bits per heavy atom. The SMILES string of the molecule is O=c1ccoc(CC2CCCCC2)c1O. The summed E-state index contributed by atoms with van der Waals surface area (Å²) in [5, 5.41) is 9.52. The minimum Gasteiger partial charge on any atom is -0.502 e. The van der Waals surface area contributed by atoms with E-state index >= 15 is 0 Å². The Hall–Kier alpha value is -1.25. The second-order valence-electron chi connectivity index (χ2n) is 4.26. The van der Waals surface area contributed by atoms with E-state index < -0.39 is 0 Å². The lowest BCUT2D eigenvalue weighted by atomic mass is 9.86. The third kappa shape index (κ3) is 2.41. The van der Waals surface area contributed by atoms with E-state index in [-0.39, 0.29) is 11.2 Å². The van der Waals surface area contributed by atoms with Crippen LogP contribution in [0.15, 0.2) is 21.5 Å². The maximum atomic E-state index is 11.2. The van der Waals surface area contributed by atoms with Crippen LogP contribution in [-0.4, -0.2) is 5.11 Å². The van der Waals surface area contributed by atoms with Crippen molar-refractivity contribution in [3.05, 3.63) is 28.3 Å². The van der Waals surface area contributed by atoms with E-state index in [0.29, 0.717) is 18.1 Å². The predicted molar refractivity (Wildman–Crippen MR) is 56.9 cm³/mol. The minimum absolute atomic E-state index is 0.205. The van der Waals surface area contributed by atoms with E-state index in [4.69, 9.17) is 4.42 Å². The van der Waals surface area contributed by atoms with Crippen LogP contribution in [0.25, 0.3) is 0 Å². The van der Waals surface area contributed by atoms with Gasteiger partial charge in [-0.1, -0.05) is 32.1 Å². The Labute approximate surface area is 88.7 Å². The van der Waals surface area contributed by atoms with Crippen molar-refractivity contribution in [1.29, 1.82) is 0 Å². The molecule has 1 N–H and O–H groups in total. The van der Waals surface area contributed by atoms with Gasteiger partial charge in [0.25, 0.3) is 0 Å². The average molecular weight is 208 g/mol. The molecule has 2 rings (SSSR count). The van der Waals surface area contributed by atoms with Crippen molar-refractivity contribution in [1.82, 2.24) is 0 Å². The standard InChI is InChI=1S/C12H16O3/c13-10-6-7-15-11(12(10)14)8-9-4-2-1-3-5-9/h6-7,9,14H,1-5,8H2. The fourth-order valence-electron chi connectivity index (χ4n) is 2.25. The molecule has 1 saturated carbocycles. The smallest absolute Gasteiger partial charge is 0.226 e. The van der Waals surface area contributed by atoms with Gasteiger partial charge in [0.2, 0.25) is 11.2 Å². The van der Waals surface area contributed by atoms with Gasteiger partial charge in [-0.05, 0) is 5.92 Å². The van der Waals surface area contributed by atoms with Crippen molar-refractivity contribution in [2.24, 2.45) is 5.92 Å². The van der Waals surface area contributed by atoms with Crippen LogP contribution >= 0.6 is 0 Å². The van der Waals surface area contributed by atoms with Crippen LogP contribution in [0.5, 0.6) is 5.75 Å². The summed E-state index contributed by atoms with van der Waals surface area (Å²) in [7, 11) is 0. The summed E-state index contributed by atoms with van der Waals surface area (Å²) < 4.78 is 5.19. The van der Waals surface area contributed by atoms with Gasteiger partial charge in [-0.3, -0.25) is 4.79 Å². The molecule has 15 heavy (non-hydrogen) atoms. The van der Waals surface area contributed by atoms with Crippen LogP contribution in [0.2, 0.25) is 0 Å². The molecule has 1 aliphatic rings. The highest BCUT2D eigenvalue weighted by atomic mass is 16.4. The summed E-state index contributed by atoms with van der Waals surface area (Å²) >= 11 is 0. The molecule has 0 spiro atoms. The highest BCUT2D eigenvalue weighted by molar-refractivity contribution is 5.22. The van der Waals surface area contributed by atoms with E-state index in [0.717, 1.165) is 0 Å². The van der Waals surface area contributed by atoms with E-state index in [1.54, 1.807) is 0 Å². The molecule has 0 atom stereocenters. The molecule has 1 aromatic rings. The minimum atomic E-state index is -0.341. The summed E-state index contributed by atoms with van der Waals surface area (Å²) in [5.74, 6) is 0.813. The lowest BCUT2D eigenvalue weighted by molar-refractivity contribution is 0.316. The van der Waals surface area contributed by atoms with Crippen molar-refractivity contribution in [2.45, 2.75) is 38.5 Å². The molecule has 3 heteroatoms. The maximum absolute atomic E-state index is 11.2. The van der Waals surface area contributed by atoms with Crippen molar-refractivity contribution in [3.63, 3.8) is 0 Å². The first-order valence-electron chi connectivity index (χ1n) is 5.57. The first kappa shape index (κ1) is 10.3. The molecule has 0 aliphatic heterocycles. The summed E-state index contributed by atoms with van der Waals surface area (Å²) in [6.45, 7) is 0. The first-order chi connectivity index (χ1) is 7.27. The molecule has 0 saturated heterocycles. The predicted octanol–water partition coefficient (Wildman–Crippen LogP) is 2.47. The lowest BCUT2D eigenvalue weighted by Crippen LogP contribution is -2.11. The topological polar surface area (TPSA) is 50.4 Å². The number of hydrogen-bond acceptors (Lipinski definition) is 3. The fourth-order valence-corrected chi connectivity index (χ4v) is 2.25. The van der Waals surface area contributed by atoms with Crippen LogP contribution in [0.3, 0.4) is 0 Å². The highest BCUT2D eigenvalue weighted by Gasteiger charge is 2.17. The van der Waals surface area contributed by atoms with Gasteiger partial charge < -0.3 is 9.52 Å². The van der Waals surface area contributed by atoms with Crippen LogP contribution in [-0.2, 0) is 6.42 Å². The Morgan fingerprint density at radius 1 is 1.33 bits per heavy atom. The molecule has 0 amide bonds. The molecule has 0 aromatic carbocycles. The molecular weight excluding hydrogens is 192 g/mol. The van der Waals surface area contributed by atoms with Crippen molar-refractivity contribution < 1.29 is 9.52 Å². The van der Waals surface area contributed by atoms with Crippen LogP contribution in [0.1, 0.15) is 37.9 Å². The average Bonchev–Trinajstić information content (AvgIpc) is 2.26. The molecule has 1 aliphatic carbocycles. The molecular formula is C12H16O3. The number of aromatic hydroxyl groups is 1.